The first kappa shape index (κ1) is 14.8. The van der Waals surface area contributed by atoms with E-state index in [0.717, 1.165) is 18.6 Å². The Bertz CT molecular complexity index is 538. The third-order valence-electron chi connectivity index (χ3n) is 3.42. The molecule has 1 saturated heterocycles. The van der Waals surface area contributed by atoms with Gasteiger partial charge in [-0.15, -0.1) is 11.8 Å². The number of rotatable bonds is 5. The number of thioether (sulfide) groups is 1. The zero-order valence-corrected chi connectivity index (χ0v) is 12.4. The Kier molecular flexibility index (Phi) is 4.32. The SMILES string of the molecule is CCOc1c(C(=O)C2(C)CCCS2)cccc1[N+](=O)[O-]. The summed E-state index contributed by atoms with van der Waals surface area (Å²) in [6, 6.07) is 4.52. The van der Waals surface area contributed by atoms with Crippen molar-refractivity contribution < 1.29 is 14.5 Å². The molecule has 1 fully saturated rings. The number of Topliss-reactive ketones (excluding diaryl/α,β-unsaturated/α-hetero) is 1. The van der Waals surface area contributed by atoms with E-state index in [1.165, 1.54) is 12.1 Å². The predicted octanol–water partition coefficient (Wildman–Crippen LogP) is 3.46. The minimum absolute atomic E-state index is 0.0767. The smallest absolute Gasteiger partial charge is 0.311 e. The number of carbonyl (C=O) groups is 1. The Labute approximate surface area is 121 Å². The van der Waals surface area contributed by atoms with Crippen molar-refractivity contribution in [2.24, 2.45) is 0 Å². The molecule has 20 heavy (non-hydrogen) atoms. The number of para-hydroxylation sites is 1. The summed E-state index contributed by atoms with van der Waals surface area (Å²) >= 11 is 1.61. The second-order valence-corrected chi connectivity index (χ2v) is 6.45. The minimum atomic E-state index is -0.508. The molecule has 1 atom stereocenters. The van der Waals surface area contributed by atoms with Crippen LogP contribution in [0.25, 0.3) is 0 Å². The zero-order chi connectivity index (χ0) is 14.8. The molecule has 1 unspecified atom stereocenters. The highest BCUT2D eigenvalue weighted by Crippen LogP contribution is 2.43. The molecule has 6 heteroatoms. The van der Waals surface area contributed by atoms with Crippen LogP contribution in [-0.4, -0.2) is 27.8 Å². The fourth-order valence-electron chi connectivity index (χ4n) is 2.39. The Morgan fingerprint density at radius 3 is 2.85 bits per heavy atom. The maximum absolute atomic E-state index is 12.7. The van der Waals surface area contributed by atoms with Crippen molar-refractivity contribution in [2.45, 2.75) is 31.4 Å². The first-order valence-corrected chi connectivity index (χ1v) is 7.57. The molecule has 1 heterocycles. The lowest BCUT2D eigenvalue weighted by Crippen LogP contribution is -2.29. The summed E-state index contributed by atoms with van der Waals surface area (Å²) in [5.41, 5.74) is 0.169. The van der Waals surface area contributed by atoms with Gasteiger partial charge in [0, 0.05) is 6.07 Å². The van der Waals surface area contributed by atoms with E-state index < -0.39 is 9.67 Å². The fourth-order valence-corrected chi connectivity index (χ4v) is 3.66. The number of ketones is 1. The standard InChI is InChI=1S/C14H17NO4S/c1-3-19-12-10(6-4-7-11(12)15(17)18)13(16)14(2)8-5-9-20-14/h4,6-7H,3,5,8-9H2,1-2H3. The number of nitro groups is 1. The van der Waals surface area contributed by atoms with Gasteiger partial charge in [0.15, 0.2) is 5.78 Å². The van der Waals surface area contributed by atoms with E-state index in [1.54, 1.807) is 24.8 Å². The van der Waals surface area contributed by atoms with Gasteiger partial charge in [-0.05, 0) is 38.5 Å². The summed E-state index contributed by atoms with van der Waals surface area (Å²) in [7, 11) is 0. The van der Waals surface area contributed by atoms with Gasteiger partial charge in [0.1, 0.15) is 0 Å². The molecular formula is C14H17NO4S. The average molecular weight is 295 g/mol. The Balaban J connectivity index is 2.47. The van der Waals surface area contributed by atoms with Gasteiger partial charge in [0.05, 0.1) is 21.8 Å². The van der Waals surface area contributed by atoms with Crippen molar-refractivity contribution in [2.75, 3.05) is 12.4 Å². The predicted molar refractivity (Wildman–Crippen MR) is 78.7 cm³/mol. The highest BCUT2D eigenvalue weighted by Gasteiger charge is 2.40. The van der Waals surface area contributed by atoms with Crippen molar-refractivity contribution in [1.29, 1.82) is 0 Å². The lowest BCUT2D eigenvalue weighted by Gasteiger charge is -2.22. The number of carbonyl (C=O) groups excluding carboxylic acids is 1. The summed E-state index contributed by atoms with van der Waals surface area (Å²) in [4.78, 5) is 23.3. The summed E-state index contributed by atoms with van der Waals surface area (Å²) in [5.74, 6) is 0.965. The summed E-state index contributed by atoms with van der Waals surface area (Å²) in [5, 5.41) is 11.1. The third-order valence-corrected chi connectivity index (χ3v) is 4.94. The lowest BCUT2D eigenvalue weighted by atomic mass is 9.93. The van der Waals surface area contributed by atoms with Gasteiger partial charge >= 0.3 is 5.69 Å². The molecule has 0 spiro atoms. The molecule has 1 aromatic rings. The van der Waals surface area contributed by atoms with Crippen LogP contribution in [0.5, 0.6) is 5.75 Å². The minimum Gasteiger partial charge on any atom is -0.487 e. The number of nitrogens with zero attached hydrogens (tertiary/aromatic N) is 1. The molecule has 0 radical (unpaired) electrons. The Morgan fingerprint density at radius 1 is 1.55 bits per heavy atom. The van der Waals surface area contributed by atoms with Crippen molar-refractivity contribution in [1.82, 2.24) is 0 Å². The highest BCUT2D eigenvalue weighted by molar-refractivity contribution is 8.01. The van der Waals surface area contributed by atoms with E-state index in [2.05, 4.69) is 0 Å². The van der Waals surface area contributed by atoms with Gasteiger partial charge in [-0.1, -0.05) is 6.07 Å². The van der Waals surface area contributed by atoms with E-state index in [4.69, 9.17) is 4.74 Å². The summed E-state index contributed by atoms with van der Waals surface area (Å²) in [6.07, 6.45) is 1.79. The van der Waals surface area contributed by atoms with Crippen LogP contribution < -0.4 is 4.74 Å². The van der Waals surface area contributed by atoms with Crippen LogP contribution in [0.4, 0.5) is 5.69 Å². The molecule has 1 aromatic carbocycles. The van der Waals surface area contributed by atoms with Crippen LogP contribution in [0.1, 0.15) is 37.0 Å². The van der Waals surface area contributed by atoms with Crippen LogP contribution in [0.3, 0.4) is 0 Å². The third kappa shape index (κ3) is 2.65. The topological polar surface area (TPSA) is 69.4 Å². The van der Waals surface area contributed by atoms with E-state index in [9.17, 15) is 14.9 Å². The maximum atomic E-state index is 12.7. The van der Waals surface area contributed by atoms with Gasteiger partial charge in [-0.3, -0.25) is 14.9 Å². The normalized spacial score (nSPS) is 21.7. The van der Waals surface area contributed by atoms with Crippen molar-refractivity contribution >= 4 is 23.2 Å². The Hall–Kier alpha value is -1.56. The number of hydrogen-bond acceptors (Lipinski definition) is 5. The molecule has 108 valence electrons. The number of ether oxygens (including phenoxy) is 1. The Morgan fingerprint density at radius 2 is 2.30 bits per heavy atom. The highest BCUT2D eigenvalue weighted by atomic mass is 32.2. The average Bonchev–Trinajstić information content (AvgIpc) is 2.86. The molecule has 0 aliphatic carbocycles. The molecule has 1 aliphatic heterocycles. The monoisotopic (exact) mass is 295 g/mol. The van der Waals surface area contributed by atoms with E-state index >= 15 is 0 Å². The van der Waals surface area contributed by atoms with Gasteiger partial charge in [-0.25, -0.2) is 0 Å². The van der Waals surface area contributed by atoms with Crippen LogP contribution >= 0.6 is 11.8 Å². The van der Waals surface area contributed by atoms with Crippen LogP contribution in [-0.2, 0) is 0 Å². The second-order valence-electron chi connectivity index (χ2n) is 4.86. The molecule has 1 aliphatic rings. The van der Waals surface area contributed by atoms with Gasteiger partial charge in [0.25, 0.3) is 0 Å². The number of hydrogen-bond donors (Lipinski definition) is 0. The van der Waals surface area contributed by atoms with E-state index in [1.807, 2.05) is 6.92 Å². The molecule has 5 nitrogen and oxygen atoms in total. The van der Waals surface area contributed by atoms with Gasteiger partial charge < -0.3 is 4.74 Å². The molecule has 0 N–H and O–H groups in total. The maximum Gasteiger partial charge on any atom is 0.311 e. The molecule has 0 bridgehead atoms. The van der Waals surface area contributed by atoms with E-state index in [0.29, 0.717) is 5.56 Å². The quantitative estimate of drug-likeness (QED) is 0.472. The molecule has 0 aromatic heterocycles. The number of nitro benzene ring substituents is 1. The fraction of sp³-hybridized carbons (Fsp3) is 0.500. The first-order chi connectivity index (χ1) is 9.49. The van der Waals surface area contributed by atoms with Crippen LogP contribution in [0.2, 0.25) is 0 Å². The van der Waals surface area contributed by atoms with Crippen LogP contribution in [0.15, 0.2) is 18.2 Å². The van der Waals surface area contributed by atoms with Crippen molar-refractivity contribution in [3.05, 3.63) is 33.9 Å². The van der Waals surface area contributed by atoms with Gasteiger partial charge in [0.2, 0.25) is 5.75 Å². The number of benzene rings is 1. The van der Waals surface area contributed by atoms with Crippen molar-refractivity contribution in [3.63, 3.8) is 0 Å². The summed E-state index contributed by atoms with van der Waals surface area (Å²) < 4.78 is 4.88. The zero-order valence-electron chi connectivity index (χ0n) is 11.5. The molecule has 0 amide bonds. The molecule has 2 rings (SSSR count). The molecule has 0 saturated carbocycles. The van der Waals surface area contributed by atoms with Gasteiger partial charge in [-0.2, -0.15) is 0 Å². The first-order valence-electron chi connectivity index (χ1n) is 6.58. The van der Waals surface area contributed by atoms with Crippen molar-refractivity contribution in [3.8, 4) is 5.75 Å². The van der Waals surface area contributed by atoms with E-state index in [-0.39, 0.29) is 23.8 Å². The second kappa shape index (κ2) is 5.83. The lowest BCUT2D eigenvalue weighted by molar-refractivity contribution is -0.385. The van der Waals surface area contributed by atoms with Crippen LogP contribution in [0, 0.1) is 10.1 Å². The molecular weight excluding hydrogens is 278 g/mol. The largest absolute Gasteiger partial charge is 0.487 e. The summed E-state index contributed by atoms with van der Waals surface area (Å²) in [6.45, 7) is 3.94.